The van der Waals surface area contributed by atoms with Crippen LogP contribution in [0.25, 0.3) is 0 Å². The summed E-state index contributed by atoms with van der Waals surface area (Å²) in [6.07, 6.45) is 0. The SMILES string of the molecule is CCNC(=O)c1ccc(NCc2ccc(OC)cc2)nn1. The van der Waals surface area contributed by atoms with Crippen molar-refractivity contribution in [3.05, 3.63) is 47.7 Å². The molecule has 6 nitrogen and oxygen atoms in total. The van der Waals surface area contributed by atoms with Crippen molar-refractivity contribution in [2.75, 3.05) is 19.0 Å². The van der Waals surface area contributed by atoms with E-state index in [-0.39, 0.29) is 5.91 Å². The third-order valence-electron chi connectivity index (χ3n) is 2.87. The number of methoxy groups -OCH3 is 1. The van der Waals surface area contributed by atoms with Gasteiger partial charge in [0.05, 0.1) is 7.11 Å². The highest BCUT2D eigenvalue weighted by molar-refractivity contribution is 5.92. The lowest BCUT2D eigenvalue weighted by atomic mass is 10.2. The average molecular weight is 286 g/mol. The fourth-order valence-corrected chi connectivity index (χ4v) is 1.73. The molecule has 1 amide bonds. The summed E-state index contributed by atoms with van der Waals surface area (Å²) in [5, 5.41) is 13.7. The molecule has 0 bridgehead atoms. The first-order valence-electron chi connectivity index (χ1n) is 6.71. The topological polar surface area (TPSA) is 76.1 Å². The van der Waals surface area contributed by atoms with Crippen LogP contribution in [0.2, 0.25) is 0 Å². The molecule has 6 heteroatoms. The van der Waals surface area contributed by atoms with E-state index in [9.17, 15) is 4.79 Å². The number of anilines is 1. The zero-order chi connectivity index (χ0) is 15.1. The Morgan fingerprint density at radius 3 is 2.48 bits per heavy atom. The number of amides is 1. The summed E-state index contributed by atoms with van der Waals surface area (Å²) in [6, 6.07) is 11.1. The molecule has 1 aromatic heterocycles. The van der Waals surface area contributed by atoms with Gasteiger partial charge < -0.3 is 15.4 Å². The molecule has 0 fully saturated rings. The number of nitrogens with zero attached hydrogens (tertiary/aromatic N) is 2. The lowest BCUT2D eigenvalue weighted by Crippen LogP contribution is -2.24. The molecular weight excluding hydrogens is 268 g/mol. The summed E-state index contributed by atoms with van der Waals surface area (Å²) in [7, 11) is 1.64. The number of benzene rings is 1. The third kappa shape index (κ3) is 4.17. The van der Waals surface area contributed by atoms with Gasteiger partial charge >= 0.3 is 0 Å². The van der Waals surface area contributed by atoms with Crippen LogP contribution in [0.1, 0.15) is 23.0 Å². The maximum atomic E-state index is 11.5. The summed E-state index contributed by atoms with van der Waals surface area (Å²) in [6.45, 7) is 3.05. The van der Waals surface area contributed by atoms with Gasteiger partial charge in [-0.2, -0.15) is 0 Å². The van der Waals surface area contributed by atoms with Crippen molar-refractivity contribution in [1.82, 2.24) is 15.5 Å². The highest BCUT2D eigenvalue weighted by Crippen LogP contribution is 2.12. The zero-order valence-electron chi connectivity index (χ0n) is 12.1. The molecule has 0 aliphatic heterocycles. The van der Waals surface area contributed by atoms with E-state index >= 15 is 0 Å². The first-order chi connectivity index (χ1) is 10.2. The molecule has 0 radical (unpaired) electrons. The quantitative estimate of drug-likeness (QED) is 0.847. The van der Waals surface area contributed by atoms with Crippen molar-refractivity contribution in [2.45, 2.75) is 13.5 Å². The Morgan fingerprint density at radius 1 is 1.14 bits per heavy atom. The van der Waals surface area contributed by atoms with E-state index in [1.165, 1.54) is 0 Å². The van der Waals surface area contributed by atoms with Gasteiger partial charge in [0.2, 0.25) is 0 Å². The van der Waals surface area contributed by atoms with E-state index in [2.05, 4.69) is 20.8 Å². The lowest BCUT2D eigenvalue weighted by molar-refractivity contribution is 0.0950. The Hall–Kier alpha value is -2.63. The number of hydrogen-bond donors (Lipinski definition) is 2. The molecule has 0 aliphatic carbocycles. The number of rotatable bonds is 6. The van der Waals surface area contributed by atoms with Crippen LogP contribution < -0.4 is 15.4 Å². The summed E-state index contributed by atoms with van der Waals surface area (Å²) >= 11 is 0. The third-order valence-corrected chi connectivity index (χ3v) is 2.87. The molecule has 0 unspecified atom stereocenters. The second-order valence-electron chi connectivity index (χ2n) is 4.36. The normalized spacial score (nSPS) is 10.0. The van der Waals surface area contributed by atoms with Gasteiger partial charge in [0.1, 0.15) is 11.6 Å². The molecule has 110 valence electrons. The van der Waals surface area contributed by atoms with Crippen molar-refractivity contribution < 1.29 is 9.53 Å². The Kier molecular flexibility index (Phi) is 5.09. The summed E-state index contributed by atoms with van der Waals surface area (Å²) in [4.78, 5) is 11.5. The van der Waals surface area contributed by atoms with Crippen LogP contribution in [0, 0.1) is 0 Å². The molecule has 2 aromatic rings. The van der Waals surface area contributed by atoms with Crippen LogP contribution in [-0.2, 0) is 6.54 Å². The lowest BCUT2D eigenvalue weighted by Gasteiger charge is -2.06. The summed E-state index contributed by atoms with van der Waals surface area (Å²) in [5.41, 5.74) is 1.41. The van der Waals surface area contributed by atoms with Crippen LogP contribution in [0.3, 0.4) is 0 Å². The van der Waals surface area contributed by atoms with Crippen LogP contribution in [0.5, 0.6) is 5.75 Å². The van der Waals surface area contributed by atoms with Crippen molar-refractivity contribution in [3.8, 4) is 5.75 Å². The Morgan fingerprint density at radius 2 is 1.90 bits per heavy atom. The van der Waals surface area contributed by atoms with E-state index < -0.39 is 0 Å². The number of nitrogens with one attached hydrogen (secondary N) is 2. The van der Waals surface area contributed by atoms with Crippen LogP contribution in [-0.4, -0.2) is 29.8 Å². The van der Waals surface area contributed by atoms with Crippen LogP contribution in [0.4, 0.5) is 5.82 Å². The number of aromatic nitrogens is 2. The van der Waals surface area contributed by atoms with E-state index in [1.54, 1.807) is 19.2 Å². The molecule has 0 atom stereocenters. The Balaban J connectivity index is 1.92. The molecule has 0 spiro atoms. The number of ether oxygens (including phenoxy) is 1. The average Bonchev–Trinajstić information content (AvgIpc) is 2.54. The second kappa shape index (κ2) is 7.23. The maximum absolute atomic E-state index is 11.5. The van der Waals surface area contributed by atoms with Gasteiger partial charge in [0.25, 0.3) is 5.91 Å². The summed E-state index contributed by atoms with van der Waals surface area (Å²) < 4.78 is 5.11. The van der Waals surface area contributed by atoms with Crippen LogP contribution in [0.15, 0.2) is 36.4 Å². The van der Waals surface area contributed by atoms with Crippen molar-refractivity contribution in [1.29, 1.82) is 0 Å². The van der Waals surface area contributed by atoms with Gasteiger partial charge in [-0.05, 0) is 36.8 Å². The fourth-order valence-electron chi connectivity index (χ4n) is 1.73. The van der Waals surface area contributed by atoms with Crippen molar-refractivity contribution in [2.24, 2.45) is 0 Å². The van der Waals surface area contributed by atoms with Gasteiger partial charge in [-0.15, -0.1) is 10.2 Å². The molecule has 21 heavy (non-hydrogen) atoms. The first-order valence-corrected chi connectivity index (χ1v) is 6.71. The molecule has 2 N–H and O–H groups in total. The minimum atomic E-state index is -0.216. The monoisotopic (exact) mass is 286 g/mol. The largest absolute Gasteiger partial charge is 0.497 e. The predicted molar refractivity (Wildman–Crippen MR) is 80.4 cm³/mol. The minimum absolute atomic E-state index is 0.216. The van der Waals surface area contributed by atoms with Crippen molar-refractivity contribution >= 4 is 11.7 Å². The van der Waals surface area contributed by atoms with E-state index in [4.69, 9.17) is 4.74 Å². The van der Waals surface area contributed by atoms with Gasteiger partial charge in [0, 0.05) is 13.1 Å². The highest BCUT2D eigenvalue weighted by atomic mass is 16.5. The minimum Gasteiger partial charge on any atom is -0.497 e. The van der Waals surface area contributed by atoms with E-state index in [1.807, 2.05) is 31.2 Å². The van der Waals surface area contributed by atoms with E-state index in [0.29, 0.717) is 24.6 Å². The zero-order valence-corrected chi connectivity index (χ0v) is 12.1. The molecule has 1 heterocycles. The molecule has 0 aliphatic rings. The molecule has 1 aromatic carbocycles. The standard InChI is InChI=1S/C15H18N4O2/c1-3-16-15(20)13-8-9-14(19-18-13)17-10-11-4-6-12(21-2)7-5-11/h4-9H,3,10H2,1-2H3,(H,16,20)(H,17,19). The Labute approximate surface area is 123 Å². The fraction of sp³-hybridized carbons (Fsp3) is 0.267. The highest BCUT2D eigenvalue weighted by Gasteiger charge is 2.06. The molecule has 0 saturated carbocycles. The van der Waals surface area contributed by atoms with Gasteiger partial charge in [-0.1, -0.05) is 12.1 Å². The number of carbonyl (C=O) groups excluding carboxylic acids is 1. The second-order valence-corrected chi connectivity index (χ2v) is 4.36. The number of carbonyl (C=O) groups is 1. The van der Waals surface area contributed by atoms with Crippen molar-refractivity contribution in [3.63, 3.8) is 0 Å². The predicted octanol–water partition coefficient (Wildman–Crippen LogP) is 1.85. The van der Waals surface area contributed by atoms with E-state index in [0.717, 1.165) is 11.3 Å². The van der Waals surface area contributed by atoms with Gasteiger partial charge in [-0.25, -0.2) is 0 Å². The number of hydrogen-bond acceptors (Lipinski definition) is 5. The maximum Gasteiger partial charge on any atom is 0.271 e. The van der Waals surface area contributed by atoms with Gasteiger partial charge in [0.15, 0.2) is 5.69 Å². The Bertz CT molecular complexity index is 582. The van der Waals surface area contributed by atoms with Gasteiger partial charge in [-0.3, -0.25) is 4.79 Å². The summed E-state index contributed by atoms with van der Waals surface area (Å²) in [5.74, 6) is 1.23. The first kappa shape index (κ1) is 14.8. The molecule has 0 saturated heterocycles. The molecular formula is C15H18N4O2. The molecule has 2 rings (SSSR count). The van der Waals surface area contributed by atoms with Crippen LogP contribution >= 0.6 is 0 Å². The smallest absolute Gasteiger partial charge is 0.271 e.